The van der Waals surface area contributed by atoms with Gasteiger partial charge >= 0.3 is 6.61 Å². The molecule has 9 heteroatoms. The van der Waals surface area contributed by atoms with Crippen LogP contribution in [0.1, 0.15) is 44.7 Å². The van der Waals surface area contributed by atoms with Gasteiger partial charge in [0.15, 0.2) is 0 Å². The van der Waals surface area contributed by atoms with E-state index in [0.29, 0.717) is 31.4 Å². The summed E-state index contributed by atoms with van der Waals surface area (Å²) in [5.74, 6) is -0.282. The molecule has 1 heterocycles. The molecule has 0 saturated carbocycles. The fourth-order valence-corrected chi connectivity index (χ4v) is 4.79. The highest BCUT2D eigenvalue weighted by atomic mass is 32.2. The molecule has 1 aliphatic rings. The van der Waals surface area contributed by atoms with E-state index in [9.17, 15) is 22.0 Å². The number of carbonyl (C=O) groups excluding carboxylic acids is 1. The van der Waals surface area contributed by atoms with Crippen molar-refractivity contribution in [3.05, 3.63) is 29.8 Å². The number of halogens is 2. The first-order chi connectivity index (χ1) is 12.2. The zero-order chi connectivity index (χ0) is 19.3. The van der Waals surface area contributed by atoms with Crippen LogP contribution in [-0.4, -0.2) is 43.6 Å². The van der Waals surface area contributed by atoms with E-state index in [0.717, 1.165) is 0 Å². The summed E-state index contributed by atoms with van der Waals surface area (Å²) in [7, 11) is -3.44. The maximum atomic E-state index is 12.6. The third-order valence-electron chi connectivity index (χ3n) is 4.29. The minimum Gasteiger partial charge on any atom is -0.435 e. The van der Waals surface area contributed by atoms with Gasteiger partial charge in [-0.05, 0) is 43.9 Å². The van der Waals surface area contributed by atoms with Crippen LogP contribution in [0.4, 0.5) is 8.78 Å². The van der Waals surface area contributed by atoms with Crippen LogP contribution in [0.5, 0.6) is 5.75 Å². The molecule has 1 fully saturated rings. The quantitative estimate of drug-likeness (QED) is 0.741. The Morgan fingerprint density at radius 3 is 2.58 bits per heavy atom. The minimum atomic E-state index is -3.44. The summed E-state index contributed by atoms with van der Waals surface area (Å²) in [5, 5.41) is 2.81. The van der Waals surface area contributed by atoms with Crippen molar-refractivity contribution in [2.24, 2.45) is 0 Å². The molecule has 1 aromatic rings. The second kappa shape index (κ2) is 8.77. The first kappa shape index (κ1) is 20.6. The Labute approximate surface area is 152 Å². The van der Waals surface area contributed by atoms with Gasteiger partial charge in [-0.25, -0.2) is 8.42 Å². The van der Waals surface area contributed by atoms with Gasteiger partial charge in [0, 0.05) is 6.54 Å². The number of nitrogens with one attached hydrogen (secondary N) is 1. The molecular weight excluding hydrogens is 366 g/mol. The van der Waals surface area contributed by atoms with E-state index in [2.05, 4.69) is 10.1 Å². The van der Waals surface area contributed by atoms with Gasteiger partial charge in [0.1, 0.15) is 11.8 Å². The SMILES string of the molecule is CCCS(=O)(=O)N1CCCC1C(=O)NC(C)c1ccc(OC(F)F)cc1. The van der Waals surface area contributed by atoms with Gasteiger partial charge in [-0.1, -0.05) is 19.1 Å². The van der Waals surface area contributed by atoms with E-state index in [1.807, 2.05) is 0 Å². The van der Waals surface area contributed by atoms with Crippen molar-refractivity contribution in [3.63, 3.8) is 0 Å². The molecule has 0 bridgehead atoms. The average molecular weight is 390 g/mol. The van der Waals surface area contributed by atoms with E-state index in [-0.39, 0.29) is 23.5 Å². The second-order valence-electron chi connectivity index (χ2n) is 6.26. The van der Waals surface area contributed by atoms with E-state index in [1.54, 1.807) is 26.0 Å². The number of benzene rings is 1. The van der Waals surface area contributed by atoms with Crippen LogP contribution >= 0.6 is 0 Å². The van der Waals surface area contributed by atoms with Crippen LogP contribution in [-0.2, 0) is 14.8 Å². The van der Waals surface area contributed by atoms with Crippen LogP contribution in [0.15, 0.2) is 24.3 Å². The first-order valence-electron chi connectivity index (χ1n) is 8.59. The number of rotatable bonds is 8. The number of nitrogens with zero attached hydrogens (tertiary/aromatic N) is 1. The molecule has 2 unspecified atom stereocenters. The number of hydrogen-bond acceptors (Lipinski definition) is 4. The van der Waals surface area contributed by atoms with E-state index in [4.69, 9.17) is 0 Å². The monoisotopic (exact) mass is 390 g/mol. The Bertz CT molecular complexity index is 710. The smallest absolute Gasteiger partial charge is 0.387 e. The number of sulfonamides is 1. The maximum Gasteiger partial charge on any atom is 0.387 e. The molecule has 1 aliphatic heterocycles. The summed E-state index contributed by atoms with van der Waals surface area (Å²) in [5.41, 5.74) is 0.709. The van der Waals surface area contributed by atoms with Gasteiger partial charge in [-0.15, -0.1) is 0 Å². The molecule has 26 heavy (non-hydrogen) atoms. The lowest BCUT2D eigenvalue weighted by Gasteiger charge is -2.25. The lowest BCUT2D eigenvalue weighted by molar-refractivity contribution is -0.124. The molecule has 1 saturated heterocycles. The van der Waals surface area contributed by atoms with Gasteiger partial charge in [-0.2, -0.15) is 13.1 Å². The highest BCUT2D eigenvalue weighted by Crippen LogP contribution is 2.24. The molecule has 0 aliphatic carbocycles. The van der Waals surface area contributed by atoms with Crippen molar-refractivity contribution in [2.45, 2.75) is 51.8 Å². The molecule has 0 radical (unpaired) electrons. The van der Waals surface area contributed by atoms with Crippen molar-refractivity contribution in [3.8, 4) is 5.75 Å². The molecule has 6 nitrogen and oxygen atoms in total. The third-order valence-corrected chi connectivity index (χ3v) is 6.37. The van der Waals surface area contributed by atoms with Crippen molar-refractivity contribution >= 4 is 15.9 Å². The van der Waals surface area contributed by atoms with Gasteiger partial charge in [0.2, 0.25) is 15.9 Å². The highest BCUT2D eigenvalue weighted by Gasteiger charge is 2.38. The Balaban J connectivity index is 2.02. The Hall–Kier alpha value is -1.74. The maximum absolute atomic E-state index is 12.6. The van der Waals surface area contributed by atoms with Crippen LogP contribution in [0.3, 0.4) is 0 Å². The summed E-state index contributed by atoms with van der Waals surface area (Å²) >= 11 is 0. The zero-order valence-corrected chi connectivity index (χ0v) is 15.6. The molecule has 1 N–H and O–H groups in total. The van der Waals surface area contributed by atoms with Crippen LogP contribution in [0.2, 0.25) is 0 Å². The lowest BCUT2D eigenvalue weighted by Crippen LogP contribution is -2.47. The van der Waals surface area contributed by atoms with Gasteiger partial charge < -0.3 is 10.1 Å². The minimum absolute atomic E-state index is 0.0257. The number of ether oxygens (including phenoxy) is 1. The van der Waals surface area contributed by atoms with Crippen molar-refractivity contribution < 1.29 is 26.7 Å². The second-order valence-corrected chi connectivity index (χ2v) is 8.30. The zero-order valence-electron chi connectivity index (χ0n) is 14.8. The molecular formula is C17H24F2N2O4S. The largest absolute Gasteiger partial charge is 0.435 e. The third kappa shape index (κ3) is 5.14. The normalized spacial score (nSPS) is 19.5. The van der Waals surface area contributed by atoms with E-state index in [1.165, 1.54) is 16.4 Å². The first-order valence-corrected chi connectivity index (χ1v) is 10.2. The van der Waals surface area contributed by atoms with Crippen molar-refractivity contribution in [2.75, 3.05) is 12.3 Å². The topological polar surface area (TPSA) is 75.7 Å². The van der Waals surface area contributed by atoms with Gasteiger partial charge in [-0.3, -0.25) is 4.79 Å². The lowest BCUT2D eigenvalue weighted by atomic mass is 10.1. The molecule has 1 aromatic carbocycles. The van der Waals surface area contributed by atoms with E-state index >= 15 is 0 Å². The van der Waals surface area contributed by atoms with Gasteiger partial charge in [0.05, 0.1) is 11.8 Å². The molecule has 2 atom stereocenters. The molecule has 1 amide bonds. The van der Waals surface area contributed by atoms with E-state index < -0.39 is 22.7 Å². The van der Waals surface area contributed by atoms with Crippen molar-refractivity contribution in [1.82, 2.24) is 9.62 Å². The fraction of sp³-hybridized carbons (Fsp3) is 0.588. The summed E-state index contributed by atoms with van der Waals surface area (Å²) in [6, 6.07) is 4.89. The predicted octanol–water partition coefficient (Wildman–Crippen LogP) is 2.67. The average Bonchev–Trinajstić information content (AvgIpc) is 3.05. The number of amides is 1. The Morgan fingerprint density at radius 2 is 2.00 bits per heavy atom. The molecule has 0 spiro atoms. The fourth-order valence-electron chi connectivity index (χ4n) is 3.04. The van der Waals surface area contributed by atoms with Crippen molar-refractivity contribution in [1.29, 1.82) is 0 Å². The summed E-state index contributed by atoms with van der Waals surface area (Å²) < 4.78 is 54.5. The predicted molar refractivity (Wildman–Crippen MR) is 93.4 cm³/mol. The molecule has 2 rings (SSSR count). The Kier molecular flexibility index (Phi) is 6.94. The van der Waals surface area contributed by atoms with Gasteiger partial charge in [0.25, 0.3) is 0 Å². The van der Waals surface area contributed by atoms with Crippen LogP contribution in [0.25, 0.3) is 0 Å². The Morgan fingerprint density at radius 1 is 1.35 bits per heavy atom. The summed E-state index contributed by atoms with van der Waals surface area (Å²) in [6.45, 7) is 0.998. The number of carbonyl (C=O) groups is 1. The number of alkyl halides is 2. The number of hydrogen-bond donors (Lipinski definition) is 1. The standard InChI is InChI=1S/C17H24F2N2O4S/c1-3-11-26(23,24)21-10-4-5-15(21)16(22)20-12(2)13-6-8-14(9-7-13)25-17(18)19/h6-9,12,15,17H,3-5,10-11H2,1-2H3,(H,20,22). The molecule has 146 valence electrons. The highest BCUT2D eigenvalue weighted by molar-refractivity contribution is 7.89. The van der Waals surface area contributed by atoms with Crippen LogP contribution in [0, 0.1) is 0 Å². The summed E-state index contributed by atoms with van der Waals surface area (Å²) in [4.78, 5) is 12.6. The van der Waals surface area contributed by atoms with Crippen LogP contribution < -0.4 is 10.1 Å². The summed E-state index contributed by atoms with van der Waals surface area (Å²) in [6.07, 6.45) is 1.63. The molecule has 0 aromatic heterocycles.